The summed E-state index contributed by atoms with van der Waals surface area (Å²) in [5.41, 5.74) is 0. The fourth-order valence-electron chi connectivity index (χ4n) is 1.32. The van der Waals surface area contributed by atoms with Crippen molar-refractivity contribution in [3.63, 3.8) is 0 Å². The second kappa shape index (κ2) is 5.09. The molecule has 88 valence electrons. The number of nitrogens with zero attached hydrogens (tertiary/aromatic N) is 1. The first kappa shape index (κ1) is 12.7. The minimum Gasteiger partial charge on any atom is -0.468 e. The van der Waals surface area contributed by atoms with Crippen LogP contribution in [0, 0.1) is 0 Å². The summed E-state index contributed by atoms with van der Waals surface area (Å²) in [7, 11) is 0.626. The molecule has 0 aromatic rings. The molecule has 0 N–H and O–H groups in total. The summed E-state index contributed by atoms with van der Waals surface area (Å²) in [5, 5.41) is 0. The van der Waals surface area contributed by atoms with E-state index in [1.807, 2.05) is 11.9 Å². The number of carbonyl (C=O) groups is 1. The Balaban J connectivity index is 2.39. The standard InChI is InChI=1S/C10H21NO3Si/c1-11-5-6-13-7-9(11)10(12)14-8-15(2,3)4/h9H,5-8H2,1-4H3. The monoisotopic (exact) mass is 231 g/mol. The number of ether oxygens (including phenoxy) is 2. The van der Waals surface area contributed by atoms with Crippen LogP contribution in [-0.4, -0.2) is 58.0 Å². The molecule has 0 aliphatic carbocycles. The first-order valence-corrected chi connectivity index (χ1v) is 9.05. The zero-order chi connectivity index (χ0) is 11.5. The Morgan fingerprint density at radius 1 is 1.53 bits per heavy atom. The zero-order valence-electron chi connectivity index (χ0n) is 10.1. The summed E-state index contributed by atoms with van der Waals surface area (Å²) in [6.45, 7) is 8.51. The van der Waals surface area contributed by atoms with E-state index in [-0.39, 0.29) is 12.0 Å². The van der Waals surface area contributed by atoms with Crippen LogP contribution < -0.4 is 0 Å². The summed E-state index contributed by atoms with van der Waals surface area (Å²) < 4.78 is 10.6. The van der Waals surface area contributed by atoms with Gasteiger partial charge in [0.1, 0.15) is 6.04 Å². The highest BCUT2D eigenvalue weighted by atomic mass is 28.3. The molecule has 1 atom stereocenters. The number of likely N-dealkylation sites (N-methyl/N-ethyl adjacent to an activating group) is 1. The van der Waals surface area contributed by atoms with Gasteiger partial charge in [-0.15, -0.1) is 0 Å². The van der Waals surface area contributed by atoms with Crippen LogP contribution in [0.4, 0.5) is 0 Å². The second-order valence-corrected chi connectivity index (χ2v) is 10.6. The van der Waals surface area contributed by atoms with Crippen molar-refractivity contribution in [3.8, 4) is 0 Å². The maximum absolute atomic E-state index is 11.7. The predicted octanol–water partition coefficient (Wildman–Crippen LogP) is 0.738. The Bertz CT molecular complexity index is 227. The Kier molecular flexibility index (Phi) is 4.30. The fraction of sp³-hybridized carbons (Fsp3) is 0.900. The number of hydrogen-bond donors (Lipinski definition) is 0. The minimum atomic E-state index is -1.31. The maximum atomic E-state index is 11.7. The predicted molar refractivity (Wildman–Crippen MR) is 61.5 cm³/mol. The van der Waals surface area contributed by atoms with Crippen molar-refractivity contribution in [1.29, 1.82) is 0 Å². The van der Waals surface area contributed by atoms with E-state index in [0.29, 0.717) is 19.4 Å². The first-order chi connectivity index (χ1) is 6.90. The quantitative estimate of drug-likeness (QED) is 0.530. The lowest BCUT2D eigenvalue weighted by molar-refractivity contribution is -0.153. The topological polar surface area (TPSA) is 38.8 Å². The van der Waals surface area contributed by atoms with Gasteiger partial charge in [0.25, 0.3) is 0 Å². The number of morpholine rings is 1. The zero-order valence-corrected chi connectivity index (χ0v) is 11.1. The smallest absolute Gasteiger partial charge is 0.325 e. The second-order valence-electron chi connectivity index (χ2n) is 5.24. The molecule has 0 saturated carbocycles. The molecule has 4 nitrogen and oxygen atoms in total. The van der Waals surface area contributed by atoms with Crippen LogP contribution in [-0.2, 0) is 14.3 Å². The third kappa shape index (κ3) is 4.32. The Hall–Kier alpha value is -0.393. The molecule has 1 unspecified atom stereocenters. The van der Waals surface area contributed by atoms with Gasteiger partial charge >= 0.3 is 5.97 Å². The van der Waals surface area contributed by atoms with E-state index in [2.05, 4.69) is 19.6 Å². The Morgan fingerprint density at radius 2 is 2.20 bits per heavy atom. The van der Waals surface area contributed by atoms with Crippen LogP contribution >= 0.6 is 0 Å². The van der Waals surface area contributed by atoms with Crippen LogP contribution in [0.5, 0.6) is 0 Å². The van der Waals surface area contributed by atoms with Crippen LogP contribution in [0.1, 0.15) is 0 Å². The molecular weight excluding hydrogens is 210 g/mol. The molecule has 1 rings (SSSR count). The minimum absolute atomic E-state index is 0.139. The molecular formula is C10H21NO3Si. The van der Waals surface area contributed by atoms with Gasteiger partial charge in [0.2, 0.25) is 0 Å². The van der Waals surface area contributed by atoms with Gasteiger partial charge < -0.3 is 9.47 Å². The summed E-state index contributed by atoms with van der Waals surface area (Å²) >= 11 is 0. The highest BCUT2D eigenvalue weighted by Crippen LogP contribution is 2.08. The Labute approximate surface area is 92.5 Å². The van der Waals surface area contributed by atoms with Crippen LogP contribution in [0.25, 0.3) is 0 Å². The average molecular weight is 231 g/mol. The Morgan fingerprint density at radius 3 is 2.73 bits per heavy atom. The van der Waals surface area contributed by atoms with Gasteiger partial charge in [-0.2, -0.15) is 0 Å². The average Bonchev–Trinajstić information content (AvgIpc) is 2.14. The van der Waals surface area contributed by atoms with Gasteiger partial charge in [0, 0.05) is 6.54 Å². The molecule has 1 aliphatic rings. The SMILES string of the molecule is CN1CCOCC1C(=O)OC[Si](C)(C)C. The lowest BCUT2D eigenvalue weighted by Crippen LogP contribution is -2.49. The molecule has 1 heterocycles. The number of hydrogen-bond acceptors (Lipinski definition) is 4. The van der Waals surface area contributed by atoms with Gasteiger partial charge in [0.15, 0.2) is 0 Å². The molecule has 1 fully saturated rings. The normalized spacial score (nSPS) is 23.9. The third-order valence-corrected chi connectivity index (χ3v) is 3.33. The van der Waals surface area contributed by atoms with Crippen LogP contribution in [0.3, 0.4) is 0 Å². The van der Waals surface area contributed by atoms with E-state index >= 15 is 0 Å². The molecule has 0 aromatic heterocycles. The molecule has 0 bridgehead atoms. The highest BCUT2D eigenvalue weighted by molar-refractivity contribution is 6.76. The molecule has 5 heteroatoms. The van der Waals surface area contributed by atoms with Gasteiger partial charge in [0.05, 0.1) is 27.5 Å². The van der Waals surface area contributed by atoms with Gasteiger partial charge in [-0.05, 0) is 7.05 Å². The highest BCUT2D eigenvalue weighted by Gasteiger charge is 2.29. The lowest BCUT2D eigenvalue weighted by Gasteiger charge is -2.31. The number of esters is 1. The van der Waals surface area contributed by atoms with E-state index in [4.69, 9.17) is 9.47 Å². The molecule has 15 heavy (non-hydrogen) atoms. The van der Waals surface area contributed by atoms with Gasteiger partial charge in [-0.1, -0.05) is 19.6 Å². The van der Waals surface area contributed by atoms with Gasteiger partial charge in [-0.25, -0.2) is 0 Å². The number of rotatable bonds is 3. The molecule has 1 saturated heterocycles. The van der Waals surface area contributed by atoms with E-state index < -0.39 is 8.07 Å². The molecule has 0 aromatic carbocycles. The molecule has 0 spiro atoms. The van der Waals surface area contributed by atoms with Gasteiger partial charge in [-0.3, -0.25) is 9.69 Å². The largest absolute Gasteiger partial charge is 0.468 e. The van der Waals surface area contributed by atoms with Crippen molar-refractivity contribution in [2.24, 2.45) is 0 Å². The van der Waals surface area contributed by atoms with Crippen molar-refractivity contribution >= 4 is 14.0 Å². The molecule has 0 radical (unpaired) electrons. The van der Waals surface area contributed by atoms with Crippen molar-refractivity contribution in [2.75, 3.05) is 33.0 Å². The molecule has 1 aliphatic heterocycles. The maximum Gasteiger partial charge on any atom is 0.325 e. The van der Waals surface area contributed by atoms with E-state index in [0.717, 1.165) is 6.54 Å². The van der Waals surface area contributed by atoms with E-state index in [1.54, 1.807) is 0 Å². The van der Waals surface area contributed by atoms with Crippen molar-refractivity contribution in [2.45, 2.75) is 25.7 Å². The summed E-state index contributed by atoms with van der Waals surface area (Å²) in [6, 6.07) is -0.213. The van der Waals surface area contributed by atoms with Crippen LogP contribution in [0.15, 0.2) is 0 Å². The van der Waals surface area contributed by atoms with E-state index in [1.165, 1.54) is 0 Å². The fourth-order valence-corrected chi connectivity index (χ4v) is 1.89. The third-order valence-electron chi connectivity index (χ3n) is 2.32. The summed E-state index contributed by atoms with van der Waals surface area (Å²) in [4.78, 5) is 13.7. The first-order valence-electron chi connectivity index (χ1n) is 5.35. The van der Waals surface area contributed by atoms with Crippen molar-refractivity contribution in [1.82, 2.24) is 4.90 Å². The molecule has 0 amide bonds. The number of carbonyl (C=O) groups excluding carboxylic acids is 1. The summed E-state index contributed by atoms with van der Waals surface area (Å²) in [5.74, 6) is -0.139. The lowest BCUT2D eigenvalue weighted by atomic mass is 10.2. The summed E-state index contributed by atoms with van der Waals surface area (Å²) in [6.07, 6.45) is 0.593. The van der Waals surface area contributed by atoms with Crippen molar-refractivity contribution < 1.29 is 14.3 Å². The van der Waals surface area contributed by atoms with E-state index in [9.17, 15) is 4.79 Å². The van der Waals surface area contributed by atoms with Crippen molar-refractivity contribution in [3.05, 3.63) is 0 Å². The van der Waals surface area contributed by atoms with Crippen LogP contribution in [0.2, 0.25) is 19.6 Å².